The minimum absolute atomic E-state index is 0.180. The van der Waals surface area contributed by atoms with E-state index >= 15 is 0 Å². The van der Waals surface area contributed by atoms with Gasteiger partial charge in [0.1, 0.15) is 5.75 Å². The molecule has 0 spiro atoms. The van der Waals surface area contributed by atoms with Gasteiger partial charge in [0.05, 0.1) is 6.61 Å². The largest absolute Gasteiger partial charge is 0.494 e. The molecular formula is C19H20Cl2N2O2S. The van der Waals surface area contributed by atoms with E-state index in [-0.39, 0.29) is 11.0 Å². The summed E-state index contributed by atoms with van der Waals surface area (Å²) in [6, 6.07) is 12.0. The highest BCUT2D eigenvalue weighted by Crippen LogP contribution is 2.19. The summed E-state index contributed by atoms with van der Waals surface area (Å²) >= 11 is 17.0. The number of rotatable bonds is 6. The van der Waals surface area contributed by atoms with Crippen LogP contribution in [-0.4, -0.2) is 17.6 Å². The number of amides is 1. The summed E-state index contributed by atoms with van der Waals surface area (Å²) < 4.78 is 5.67. The van der Waals surface area contributed by atoms with Gasteiger partial charge < -0.3 is 10.1 Å². The minimum atomic E-state index is -0.388. The Kier molecular flexibility index (Phi) is 7.69. The molecule has 7 heteroatoms. The number of hydrogen-bond acceptors (Lipinski definition) is 3. The highest BCUT2D eigenvalue weighted by Gasteiger charge is 2.10. The number of thiocarbonyl (C=S) groups is 1. The number of carbonyl (C=O) groups is 1. The first kappa shape index (κ1) is 20.5. The Morgan fingerprint density at radius 1 is 1.12 bits per heavy atom. The molecule has 138 valence electrons. The Hall–Kier alpha value is -1.82. The predicted octanol–water partition coefficient (Wildman–Crippen LogP) is 5.55. The first-order valence-electron chi connectivity index (χ1n) is 8.15. The molecule has 2 aromatic carbocycles. The van der Waals surface area contributed by atoms with Gasteiger partial charge in [-0.25, -0.2) is 0 Å². The van der Waals surface area contributed by atoms with Gasteiger partial charge in [-0.05, 0) is 67.0 Å². The van der Waals surface area contributed by atoms with E-state index in [1.54, 1.807) is 6.07 Å². The molecule has 0 fully saturated rings. The molecule has 2 aromatic rings. The molecule has 0 bridgehead atoms. The molecule has 2 N–H and O–H groups in total. The lowest BCUT2D eigenvalue weighted by molar-refractivity contribution is 0.0977. The van der Waals surface area contributed by atoms with Gasteiger partial charge in [-0.1, -0.05) is 37.0 Å². The van der Waals surface area contributed by atoms with Crippen molar-refractivity contribution < 1.29 is 9.53 Å². The first-order valence-corrected chi connectivity index (χ1v) is 9.31. The van der Waals surface area contributed by atoms with Gasteiger partial charge in [0.25, 0.3) is 5.91 Å². The van der Waals surface area contributed by atoms with E-state index in [4.69, 9.17) is 40.2 Å². The number of halogens is 2. The summed E-state index contributed by atoms with van der Waals surface area (Å²) in [7, 11) is 0. The monoisotopic (exact) mass is 410 g/mol. The van der Waals surface area contributed by atoms with Crippen LogP contribution >= 0.6 is 35.4 Å². The van der Waals surface area contributed by atoms with E-state index in [0.29, 0.717) is 28.1 Å². The van der Waals surface area contributed by atoms with Crippen molar-refractivity contribution in [2.45, 2.75) is 20.3 Å². The van der Waals surface area contributed by atoms with Crippen molar-refractivity contribution >= 4 is 52.1 Å². The van der Waals surface area contributed by atoms with Crippen molar-refractivity contribution in [3.63, 3.8) is 0 Å². The molecule has 1 amide bonds. The Morgan fingerprint density at radius 2 is 1.73 bits per heavy atom. The zero-order valence-corrected chi connectivity index (χ0v) is 16.8. The summed E-state index contributed by atoms with van der Waals surface area (Å²) in [6.45, 7) is 4.99. The van der Waals surface area contributed by atoms with Gasteiger partial charge in [0.2, 0.25) is 0 Å². The number of benzene rings is 2. The molecule has 0 aliphatic heterocycles. The van der Waals surface area contributed by atoms with Crippen LogP contribution in [0, 0.1) is 5.92 Å². The highest BCUT2D eigenvalue weighted by molar-refractivity contribution is 7.80. The zero-order valence-electron chi connectivity index (χ0n) is 14.5. The normalized spacial score (nSPS) is 10.5. The lowest BCUT2D eigenvalue weighted by atomic mass is 10.1. The molecule has 0 unspecified atom stereocenters. The van der Waals surface area contributed by atoms with Gasteiger partial charge >= 0.3 is 0 Å². The number of nitrogens with one attached hydrogen (secondary N) is 2. The fourth-order valence-corrected chi connectivity index (χ4v) is 2.81. The SMILES string of the molecule is CC(C)CCOc1ccc(NC(=S)NC(=O)c2cc(Cl)cc(Cl)c2)cc1. The number of ether oxygens (including phenoxy) is 1. The summed E-state index contributed by atoms with van der Waals surface area (Å²) in [6.07, 6.45) is 1.00. The van der Waals surface area contributed by atoms with Crippen molar-refractivity contribution in [2.75, 3.05) is 11.9 Å². The standard InChI is InChI=1S/C19H20Cl2N2O2S/c1-12(2)7-8-25-17-5-3-16(4-6-17)22-19(26)23-18(24)13-9-14(20)11-15(21)10-13/h3-6,9-12H,7-8H2,1-2H3,(H2,22,23,24,26). The molecule has 0 saturated heterocycles. The van der Waals surface area contributed by atoms with Crippen molar-refractivity contribution in [2.24, 2.45) is 5.92 Å². The number of anilines is 1. The maximum absolute atomic E-state index is 12.2. The average Bonchev–Trinajstić information content (AvgIpc) is 2.55. The third kappa shape index (κ3) is 6.83. The first-order chi connectivity index (χ1) is 12.3. The fourth-order valence-electron chi connectivity index (χ4n) is 2.07. The third-order valence-corrected chi connectivity index (χ3v) is 4.07. The van der Waals surface area contributed by atoms with Crippen LogP contribution in [0.15, 0.2) is 42.5 Å². The molecule has 0 aliphatic rings. The summed E-state index contributed by atoms with van der Waals surface area (Å²) in [4.78, 5) is 12.2. The predicted molar refractivity (Wildman–Crippen MR) is 112 cm³/mol. The van der Waals surface area contributed by atoms with Gasteiger partial charge in [-0.2, -0.15) is 0 Å². The Morgan fingerprint density at radius 3 is 2.31 bits per heavy atom. The van der Waals surface area contributed by atoms with E-state index in [0.717, 1.165) is 17.9 Å². The molecule has 2 rings (SSSR count). The van der Waals surface area contributed by atoms with E-state index in [1.807, 2.05) is 24.3 Å². The molecule has 0 atom stereocenters. The van der Waals surface area contributed by atoms with Gasteiger partial charge in [-0.15, -0.1) is 0 Å². The lowest BCUT2D eigenvalue weighted by Crippen LogP contribution is -2.34. The van der Waals surface area contributed by atoms with Crippen LogP contribution in [0.1, 0.15) is 30.6 Å². The van der Waals surface area contributed by atoms with Crippen LogP contribution in [0.25, 0.3) is 0 Å². The second-order valence-electron chi connectivity index (χ2n) is 6.12. The van der Waals surface area contributed by atoms with Crippen LogP contribution < -0.4 is 15.4 Å². The Labute approximate surface area is 168 Å². The van der Waals surface area contributed by atoms with Crippen LogP contribution in [-0.2, 0) is 0 Å². The van der Waals surface area contributed by atoms with Crippen LogP contribution in [0.3, 0.4) is 0 Å². The van der Waals surface area contributed by atoms with Gasteiger partial charge in [0, 0.05) is 21.3 Å². The maximum atomic E-state index is 12.2. The van der Waals surface area contributed by atoms with Crippen molar-refractivity contribution in [1.82, 2.24) is 5.32 Å². The van der Waals surface area contributed by atoms with E-state index in [9.17, 15) is 4.79 Å². The topological polar surface area (TPSA) is 50.4 Å². The van der Waals surface area contributed by atoms with E-state index < -0.39 is 0 Å². The highest BCUT2D eigenvalue weighted by atomic mass is 35.5. The van der Waals surface area contributed by atoms with Crippen LogP contribution in [0.5, 0.6) is 5.75 Å². The molecule has 26 heavy (non-hydrogen) atoms. The second-order valence-corrected chi connectivity index (χ2v) is 7.40. The smallest absolute Gasteiger partial charge is 0.257 e. The summed E-state index contributed by atoms with van der Waals surface area (Å²) in [5.41, 5.74) is 1.08. The molecule has 4 nitrogen and oxygen atoms in total. The Bertz CT molecular complexity index is 759. The molecule has 0 aromatic heterocycles. The fraction of sp³-hybridized carbons (Fsp3) is 0.263. The van der Waals surface area contributed by atoms with Crippen molar-refractivity contribution in [3.05, 3.63) is 58.1 Å². The molecular weight excluding hydrogens is 391 g/mol. The minimum Gasteiger partial charge on any atom is -0.494 e. The van der Waals surface area contributed by atoms with Crippen LogP contribution in [0.4, 0.5) is 5.69 Å². The van der Waals surface area contributed by atoms with Crippen molar-refractivity contribution in [1.29, 1.82) is 0 Å². The quantitative estimate of drug-likeness (QED) is 0.613. The third-order valence-electron chi connectivity index (χ3n) is 3.43. The second kappa shape index (κ2) is 9.76. The van der Waals surface area contributed by atoms with Crippen LogP contribution in [0.2, 0.25) is 10.0 Å². The van der Waals surface area contributed by atoms with E-state index in [2.05, 4.69) is 24.5 Å². The number of hydrogen-bond donors (Lipinski definition) is 2. The van der Waals surface area contributed by atoms with Gasteiger partial charge in [-0.3, -0.25) is 10.1 Å². The lowest BCUT2D eigenvalue weighted by Gasteiger charge is -2.11. The molecule has 0 aliphatic carbocycles. The zero-order chi connectivity index (χ0) is 19.1. The molecule has 0 heterocycles. The summed E-state index contributed by atoms with van der Waals surface area (Å²) in [5, 5.41) is 6.49. The van der Waals surface area contributed by atoms with Crippen molar-refractivity contribution in [3.8, 4) is 5.75 Å². The average molecular weight is 411 g/mol. The Balaban J connectivity index is 1.88. The maximum Gasteiger partial charge on any atom is 0.257 e. The summed E-state index contributed by atoms with van der Waals surface area (Å²) in [5.74, 6) is 1.01. The number of carbonyl (C=O) groups excluding carboxylic acids is 1. The van der Waals surface area contributed by atoms with E-state index in [1.165, 1.54) is 12.1 Å². The molecule has 0 saturated carbocycles. The molecule has 0 radical (unpaired) electrons. The van der Waals surface area contributed by atoms with Gasteiger partial charge in [0.15, 0.2) is 5.11 Å².